The van der Waals surface area contributed by atoms with Crippen LogP contribution in [0.25, 0.3) is 0 Å². The number of methoxy groups -OCH3 is 1. The van der Waals surface area contributed by atoms with Gasteiger partial charge in [0.2, 0.25) is 0 Å². The van der Waals surface area contributed by atoms with Gasteiger partial charge in [-0.05, 0) is 25.3 Å². The van der Waals surface area contributed by atoms with E-state index in [0.29, 0.717) is 24.2 Å². The van der Waals surface area contributed by atoms with Crippen molar-refractivity contribution in [1.82, 2.24) is 0 Å². The van der Waals surface area contributed by atoms with E-state index in [2.05, 4.69) is 0 Å². The van der Waals surface area contributed by atoms with Crippen molar-refractivity contribution >= 4 is 11.7 Å². The fourth-order valence-corrected chi connectivity index (χ4v) is 2.53. The maximum atomic E-state index is 11.3. The standard InChI is InChI=1S/C13H15NO6/c1-7-8(13(15)16)6-10(19-2)12(14(17)18)11(7)9-4-3-5-20-9/h6,9H,3-5H2,1-2H3,(H,15,16). The average Bonchev–Trinajstić information content (AvgIpc) is 2.90. The molecule has 1 atom stereocenters. The molecule has 1 saturated heterocycles. The number of nitrogens with zero attached hydrogens (tertiary/aromatic N) is 1. The number of carbonyl (C=O) groups is 1. The first-order valence-electron chi connectivity index (χ1n) is 6.18. The highest BCUT2D eigenvalue weighted by Gasteiger charge is 2.34. The molecule has 1 aliphatic heterocycles. The van der Waals surface area contributed by atoms with E-state index in [1.54, 1.807) is 6.92 Å². The van der Waals surface area contributed by atoms with Crippen molar-refractivity contribution in [2.45, 2.75) is 25.9 Å². The molecule has 1 N–H and O–H groups in total. The minimum absolute atomic E-state index is 0.00190. The Morgan fingerprint density at radius 1 is 1.60 bits per heavy atom. The van der Waals surface area contributed by atoms with Gasteiger partial charge in [0.05, 0.1) is 29.3 Å². The van der Waals surface area contributed by atoms with Gasteiger partial charge in [-0.15, -0.1) is 0 Å². The normalized spacial score (nSPS) is 18.0. The van der Waals surface area contributed by atoms with Gasteiger partial charge in [-0.25, -0.2) is 4.79 Å². The number of nitro groups is 1. The van der Waals surface area contributed by atoms with Crippen molar-refractivity contribution in [3.8, 4) is 5.75 Å². The topological polar surface area (TPSA) is 98.9 Å². The number of carboxylic acid groups (broad SMARTS) is 1. The van der Waals surface area contributed by atoms with Crippen LogP contribution in [0.1, 0.15) is 40.4 Å². The van der Waals surface area contributed by atoms with Crippen molar-refractivity contribution in [3.63, 3.8) is 0 Å². The molecule has 0 bridgehead atoms. The van der Waals surface area contributed by atoms with E-state index in [1.807, 2.05) is 0 Å². The maximum Gasteiger partial charge on any atom is 0.336 e. The quantitative estimate of drug-likeness (QED) is 0.672. The number of aromatic carboxylic acids is 1. The minimum Gasteiger partial charge on any atom is -0.490 e. The minimum atomic E-state index is -1.14. The van der Waals surface area contributed by atoms with E-state index in [0.717, 1.165) is 6.42 Å². The maximum absolute atomic E-state index is 11.3. The van der Waals surface area contributed by atoms with Crippen molar-refractivity contribution in [3.05, 3.63) is 32.9 Å². The lowest BCUT2D eigenvalue weighted by Crippen LogP contribution is -2.11. The van der Waals surface area contributed by atoms with Gasteiger partial charge in [0.1, 0.15) is 0 Å². The van der Waals surface area contributed by atoms with Crippen LogP contribution < -0.4 is 4.74 Å². The van der Waals surface area contributed by atoms with E-state index >= 15 is 0 Å². The summed E-state index contributed by atoms with van der Waals surface area (Å²) in [6, 6.07) is 1.19. The van der Waals surface area contributed by atoms with Crippen LogP contribution in [0.3, 0.4) is 0 Å². The first-order valence-corrected chi connectivity index (χ1v) is 6.18. The highest BCUT2D eigenvalue weighted by molar-refractivity contribution is 5.91. The van der Waals surface area contributed by atoms with Gasteiger partial charge in [-0.2, -0.15) is 0 Å². The van der Waals surface area contributed by atoms with Crippen molar-refractivity contribution in [1.29, 1.82) is 0 Å². The van der Waals surface area contributed by atoms with Crippen LogP contribution >= 0.6 is 0 Å². The SMILES string of the molecule is COc1cc(C(=O)O)c(C)c(C2CCCO2)c1[N+](=O)[O-]. The molecule has 0 amide bonds. The summed E-state index contributed by atoms with van der Waals surface area (Å²) in [7, 11) is 1.28. The van der Waals surface area contributed by atoms with Crippen LogP contribution in [0.15, 0.2) is 6.07 Å². The van der Waals surface area contributed by atoms with E-state index in [-0.39, 0.29) is 17.0 Å². The molecule has 1 aromatic carbocycles. The smallest absolute Gasteiger partial charge is 0.336 e. The monoisotopic (exact) mass is 281 g/mol. The van der Waals surface area contributed by atoms with Crippen LogP contribution in [0.4, 0.5) is 5.69 Å². The Hall–Kier alpha value is -2.15. The highest BCUT2D eigenvalue weighted by atomic mass is 16.6. The Labute approximate surface area is 115 Å². The molecule has 1 fully saturated rings. The zero-order valence-corrected chi connectivity index (χ0v) is 11.2. The van der Waals surface area contributed by atoms with Gasteiger partial charge >= 0.3 is 11.7 Å². The lowest BCUT2D eigenvalue weighted by Gasteiger charge is -2.17. The van der Waals surface area contributed by atoms with Gasteiger partial charge in [0.25, 0.3) is 0 Å². The molecule has 1 heterocycles. The zero-order valence-electron chi connectivity index (χ0n) is 11.2. The first-order chi connectivity index (χ1) is 9.47. The third-order valence-electron chi connectivity index (χ3n) is 3.46. The molecule has 108 valence electrons. The Balaban J connectivity index is 2.73. The third-order valence-corrected chi connectivity index (χ3v) is 3.46. The summed E-state index contributed by atoms with van der Waals surface area (Å²) in [6.45, 7) is 2.08. The van der Waals surface area contributed by atoms with Crippen LogP contribution in [0.5, 0.6) is 5.75 Å². The predicted octanol–water partition coefficient (Wildman–Crippen LogP) is 2.46. The summed E-state index contributed by atoms with van der Waals surface area (Å²) in [5, 5.41) is 20.5. The number of benzene rings is 1. The molecule has 7 nitrogen and oxygen atoms in total. The molecule has 1 aliphatic rings. The van der Waals surface area contributed by atoms with Gasteiger partial charge in [-0.1, -0.05) is 0 Å². The molecule has 2 rings (SSSR count). The van der Waals surface area contributed by atoms with Crippen LogP contribution in [-0.4, -0.2) is 29.7 Å². The second-order valence-electron chi connectivity index (χ2n) is 4.58. The van der Waals surface area contributed by atoms with Crippen LogP contribution in [0, 0.1) is 17.0 Å². The summed E-state index contributed by atoms with van der Waals surface area (Å²) >= 11 is 0. The fourth-order valence-electron chi connectivity index (χ4n) is 2.53. The van der Waals surface area contributed by atoms with Gasteiger partial charge in [0, 0.05) is 12.7 Å². The molecule has 0 spiro atoms. The largest absolute Gasteiger partial charge is 0.490 e. The number of carboxylic acids is 1. The van der Waals surface area contributed by atoms with E-state index in [1.165, 1.54) is 13.2 Å². The molecule has 1 aromatic rings. The summed E-state index contributed by atoms with van der Waals surface area (Å²) in [5.74, 6) is -1.20. The first kappa shape index (κ1) is 14.3. The van der Waals surface area contributed by atoms with Gasteiger partial charge < -0.3 is 14.6 Å². The second kappa shape index (κ2) is 5.46. The molecular formula is C13H15NO6. The molecule has 7 heteroatoms. The zero-order chi connectivity index (χ0) is 14.9. The van der Waals surface area contributed by atoms with Gasteiger partial charge in [0.15, 0.2) is 5.75 Å². The van der Waals surface area contributed by atoms with Crippen molar-refractivity contribution in [2.24, 2.45) is 0 Å². The summed E-state index contributed by atoms with van der Waals surface area (Å²) in [5.41, 5.74) is 0.459. The molecule has 20 heavy (non-hydrogen) atoms. The van der Waals surface area contributed by atoms with E-state index < -0.39 is 17.0 Å². The molecule has 1 unspecified atom stereocenters. The average molecular weight is 281 g/mol. The lowest BCUT2D eigenvalue weighted by atomic mass is 9.94. The Kier molecular flexibility index (Phi) is 3.89. The Morgan fingerprint density at radius 2 is 2.30 bits per heavy atom. The summed E-state index contributed by atoms with van der Waals surface area (Å²) in [4.78, 5) is 22.0. The number of ether oxygens (including phenoxy) is 2. The van der Waals surface area contributed by atoms with E-state index in [9.17, 15) is 20.0 Å². The van der Waals surface area contributed by atoms with Crippen molar-refractivity contribution in [2.75, 3.05) is 13.7 Å². The molecule has 0 saturated carbocycles. The Morgan fingerprint density at radius 3 is 2.75 bits per heavy atom. The summed E-state index contributed by atoms with van der Waals surface area (Å²) < 4.78 is 10.5. The van der Waals surface area contributed by atoms with Crippen LogP contribution in [0.2, 0.25) is 0 Å². The number of hydrogen-bond acceptors (Lipinski definition) is 5. The highest BCUT2D eigenvalue weighted by Crippen LogP contribution is 2.43. The number of hydrogen-bond donors (Lipinski definition) is 1. The number of nitro benzene ring substituents is 1. The van der Waals surface area contributed by atoms with Gasteiger partial charge in [-0.3, -0.25) is 10.1 Å². The molecule has 0 aromatic heterocycles. The molecule has 0 aliphatic carbocycles. The Bertz CT molecular complexity index is 562. The number of rotatable bonds is 4. The van der Waals surface area contributed by atoms with Crippen LogP contribution in [-0.2, 0) is 4.74 Å². The molecular weight excluding hydrogens is 266 g/mol. The fraction of sp³-hybridized carbons (Fsp3) is 0.462. The molecule has 0 radical (unpaired) electrons. The van der Waals surface area contributed by atoms with E-state index in [4.69, 9.17) is 9.47 Å². The lowest BCUT2D eigenvalue weighted by molar-refractivity contribution is -0.387. The third kappa shape index (κ3) is 2.32. The predicted molar refractivity (Wildman–Crippen MR) is 69.3 cm³/mol. The summed E-state index contributed by atoms with van der Waals surface area (Å²) in [6.07, 6.45) is 0.970. The second-order valence-corrected chi connectivity index (χ2v) is 4.58. The van der Waals surface area contributed by atoms with Crippen molar-refractivity contribution < 1.29 is 24.3 Å².